The minimum atomic E-state index is -0.468. The second-order valence-corrected chi connectivity index (χ2v) is 3.85. The zero-order valence-corrected chi connectivity index (χ0v) is 11.1. The van der Waals surface area contributed by atoms with Crippen molar-refractivity contribution in [1.29, 1.82) is 0 Å². The second-order valence-electron chi connectivity index (χ2n) is 3.52. The number of carbonyl (C=O) groups excluding carboxylic acids is 1. The fourth-order valence-corrected chi connectivity index (χ4v) is 1.38. The molecule has 1 aromatic heterocycles. The van der Waals surface area contributed by atoms with E-state index in [2.05, 4.69) is 15.0 Å². The maximum atomic E-state index is 10.9. The summed E-state index contributed by atoms with van der Waals surface area (Å²) in [5, 5.41) is 0.0222. The average Bonchev–Trinajstić information content (AvgIpc) is 2.32. The Labute approximate surface area is 110 Å². The summed E-state index contributed by atoms with van der Waals surface area (Å²) in [6.45, 7) is 4.85. The monoisotopic (exact) mass is 273 g/mol. The molecule has 0 aliphatic rings. The van der Waals surface area contributed by atoms with E-state index in [0.29, 0.717) is 13.2 Å². The van der Waals surface area contributed by atoms with E-state index < -0.39 is 5.91 Å². The van der Waals surface area contributed by atoms with Gasteiger partial charge in [0.05, 0.1) is 13.2 Å². The molecule has 1 rings (SSSR count). The molecule has 0 radical (unpaired) electrons. The quantitative estimate of drug-likeness (QED) is 0.783. The number of primary amides is 1. The van der Waals surface area contributed by atoms with Crippen molar-refractivity contribution >= 4 is 23.5 Å². The molecule has 0 spiro atoms. The summed E-state index contributed by atoms with van der Waals surface area (Å²) in [4.78, 5) is 24.4. The van der Waals surface area contributed by atoms with Crippen LogP contribution in [0.3, 0.4) is 0 Å². The van der Waals surface area contributed by atoms with Crippen LogP contribution in [0, 0.1) is 0 Å². The molecule has 1 amide bonds. The number of ether oxygens (including phenoxy) is 1. The van der Waals surface area contributed by atoms with E-state index in [0.717, 1.165) is 6.42 Å². The SMILES string of the molecule is CCCOc1nc(Cl)nc(N(CC)CC(N)=O)n1. The maximum Gasteiger partial charge on any atom is 0.322 e. The van der Waals surface area contributed by atoms with Crippen LogP contribution in [0.25, 0.3) is 0 Å². The summed E-state index contributed by atoms with van der Waals surface area (Å²) < 4.78 is 5.29. The van der Waals surface area contributed by atoms with Gasteiger partial charge in [-0.25, -0.2) is 0 Å². The molecule has 2 N–H and O–H groups in total. The lowest BCUT2D eigenvalue weighted by molar-refractivity contribution is -0.116. The molecule has 8 heteroatoms. The Morgan fingerprint density at radius 1 is 1.39 bits per heavy atom. The number of likely N-dealkylation sites (N-methyl/N-ethyl adjacent to an activating group) is 1. The maximum absolute atomic E-state index is 10.9. The Hall–Kier alpha value is -1.63. The van der Waals surface area contributed by atoms with Crippen LogP contribution in [0.4, 0.5) is 5.95 Å². The largest absolute Gasteiger partial charge is 0.463 e. The number of amides is 1. The van der Waals surface area contributed by atoms with Gasteiger partial charge in [0.25, 0.3) is 0 Å². The van der Waals surface area contributed by atoms with Crippen molar-refractivity contribution in [1.82, 2.24) is 15.0 Å². The van der Waals surface area contributed by atoms with Crippen molar-refractivity contribution < 1.29 is 9.53 Å². The van der Waals surface area contributed by atoms with Crippen molar-refractivity contribution in [2.75, 3.05) is 24.6 Å². The molecule has 0 atom stereocenters. The van der Waals surface area contributed by atoms with Gasteiger partial charge in [-0.3, -0.25) is 4.79 Å². The van der Waals surface area contributed by atoms with Crippen LogP contribution >= 0.6 is 11.6 Å². The molecule has 0 saturated heterocycles. The van der Waals surface area contributed by atoms with E-state index in [9.17, 15) is 4.79 Å². The molecule has 0 unspecified atom stereocenters. The van der Waals surface area contributed by atoms with Gasteiger partial charge in [0, 0.05) is 6.54 Å². The molecule has 0 saturated carbocycles. The van der Waals surface area contributed by atoms with Crippen molar-refractivity contribution in [3.05, 3.63) is 5.28 Å². The number of rotatable bonds is 7. The third kappa shape index (κ3) is 4.33. The van der Waals surface area contributed by atoms with Crippen molar-refractivity contribution in [2.45, 2.75) is 20.3 Å². The number of hydrogen-bond acceptors (Lipinski definition) is 6. The number of carbonyl (C=O) groups is 1. The first-order valence-electron chi connectivity index (χ1n) is 5.64. The van der Waals surface area contributed by atoms with E-state index in [1.165, 1.54) is 0 Å². The average molecular weight is 274 g/mol. The van der Waals surface area contributed by atoms with Crippen molar-refractivity contribution in [3.8, 4) is 6.01 Å². The molecule has 7 nitrogen and oxygen atoms in total. The molecule has 0 fully saturated rings. The number of halogens is 1. The standard InChI is InChI=1S/C10H16ClN5O2/c1-3-5-18-10-14-8(11)13-9(15-10)16(4-2)6-7(12)17/h3-6H2,1-2H3,(H2,12,17). The van der Waals surface area contributed by atoms with Crippen molar-refractivity contribution in [3.63, 3.8) is 0 Å². The van der Waals surface area contributed by atoms with Crippen LogP contribution in [0.2, 0.25) is 5.28 Å². The Morgan fingerprint density at radius 3 is 2.67 bits per heavy atom. The van der Waals surface area contributed by atoms with Crippen LogP contribution in [0.15, 0.2) is 0 Å². The van der Waals surface area contributed by atoms with Gasteiger partial charge in [-0.2, -0.15) is 15.0 Å². The fourth-order valence-electron chi connectivity index (χ4n) is 1.23. The van der Waals surface area contributed by atoms with Crippen molar-refractivity contribution in [2.24, 2.45) is 5.73 Å². The zero-order valence-electron chi connectivity index (χ0n) is 10.4. The lowest BCUT2D eigenvalue weighted by Gasteiger charge is -2.18. The van der Waals surface area contributed by atoms with E-state index in [1.54, 1.807) is 4.90 Å². The molecule has 0 aliphatic carbocycles. The number of hydrogen-bond donors (Lipinski definition) is 1. The highest BCUT2D eigenvalue weighted by molar-refractivity contribution is 6.28. The molecule has 0 bridgehead atoms. The molecular formula is C10H16ClN5O2. The molecular weight excluding hydrogens is 258 g/mol. The van der Waals surface area contributed by atoms with E-state index in [1.807, 2.05) is 13.8 Å². The van der Waals surface area contributed by atoms with Gasteiger partial charge in [0.15, 0.2) is 0 Å². The van der Waals surface area contributed by atoms with E-state index in [-0.39, 0.29) is 23.8 Å². The third-order valence-corrected chi connectivity index (χ3v) is 2.19. The molecule has 100 valence electrons. The first-order valence-corrected chi connectivity index (χ1v) is 6.02. The smallest absolute Gasteiger partial charge is 0.322 e. The van der Waals surface area contributed by atoms with Crippen LogP contribution in [0.5, 0.6) is 6.01 Å². The Kier molecular flexibility index (Phi) is 5.57. The summed E-state index contributed by atoms with van der Waals surface area (Å²) in [5.74, 6) is -0.188. The predicted molar refractivity (Wildman–Crippen MR) is 67.7 cm³/mol. The Bertz CT molecular complexity index is 415. The summed E-state index contributed by atoms with van der Waals surface area (Å²) in [5.41, 5.74) is 5.15. The molecule has 0 aliphatic heterocycles. The van der Waals surface area contributed by atoms with Gasteiger partial charge in [-0.1, -0.05) is 6.92 Å². The minimum absolute atomic E-state index is 0.0179. The highest BCUT2D eigenvalue weighted by Gasteiger charge is 2.14. The predicted octanol–water partition coefficient (Wildman–Crippen LogP) is 0.625. The topological polar surface area (TPSA) is 94.2 Å². The molecule has 18 heavy (non-hydrogen) atoms. The van der Waals surface area contributed by atoms with Crippen LogP contribution in [0.1, 0.15) is 20.3 Å². The van der Waals surface area contributed by atoms with Gasteiger partial charge < -0.3 is 15.4 Å². The second kappa shape index (κ2) is 6.95. The van der Waals surface area contributed by atoms with Gasteiger partial charge in [0.2, 0.25) is 17.1 Å². The third-order valence-electron chi connectivity index (χ3n) is 2.02. The highest BCUT2D eigenvalue weighted by Crippen LogP contribution is 2.14. The summed E-state index contributed by atoms with van der Waals surface area (Å²) in [6, 6.07) is 0.148. The summed E-state index contributed by atoms with van der Waals surface area (Å²) >= 11 is 5.78. The highest BCUT2D eigenvalue weighted by atomic mass is 35.5. The van der Waals surface area contributed by atoms with Crippen LogP contribution < -0.4 is 15.4 Å². The van der Waals surface area contributed by atoms with Crippen LogP contribution in [-0.2, 0) is 4.79 Å². The lowest BCUT2D eigenvalue weighted by Crippen LogP contribution is -2.35. The normalized spacial score (nSPS) is 10.2. The molecule has 1 aromatic rings. The Morgan fingerprint density at radius 2 is 2.11 bits per heavy atom. The number of nitrogens with two attached hydrogens (primary N) is 1. The summed E-state index contributed by atoms with van der Waals surface area (Å²) in [6.07, 6.45) is 0.831. The number of aromatic nitrogens is 3. The number of nitrogens with zero attached hydrogens (tertiary/aromatic N) is 4. The summed E-state index contributed by atoms with van der Waals surface area (Å²) in [7, 11) is 0. The molecule has 1 heterocycles. The minimum Gasteiger partial charge on any atom is -0.463 e. The Balaban J connectivity index is 2.91. The number of anilines is 1. The van der Waals surface area contributed by atoms with Gasteiger partial charge >= 0.3 is 6.01 Å². The first-order chi connectivity index (χ1) is 8.56. The van der Waals surface area contributed by atoms with Gasteiger partial charge in [0.1, 0.15) is 0 Å². The van der Waals surface area contributed by atoms with E-state index >= 15 is 0 Å². The van der Waals surface area contributed by atoms with Crippen LogP contribution in [-0.4, -0.2) is 40.6 Å². The zero-order chi connectivity index (χ0) is 13.5. The lowest BCUT2D eigenvalue weighted by atomic mass is 10.5. The van der Waals surface area contributed by atoms with E-state index in [4.69, 9.17) is 22.1 Å². The molecule has 0 aromatic carbocycles. The van der Waals surface area contributed by atoms with Gasteiger partial charge in [-0.15, -0.1) is 0 Å². The fraction of sp³-hybridized carbons (Fsp3) is 0.600. The van der Waals surface area contributed by atoms with Gasteiger partial charge in [-0.05, 0) is 24.9 Å². The first kappa shape index (κ1) is 14.4.